The number of aryl methyl sites for hydroxylation is 1. The lowest BCUT2D eigenvalue weighted by atomic mass is 9.91. The first-order valence-electron chi connectivity index (χ1n) is 5.86. The van der Waals surface area contributed by atoms with E-state index in [9.17, 15) is 0 Å². The van der Waals surface area contributed by atoms with Crippen molar-refractivity contribution in [2.24, 2.45) is 5.92 Å². The van der Waals surface area contributed by atoms with Gasteiger partial charge in [-0.25, -0.2) is 0 Å². The average Bonchev–Trinajstić information content (AvgIpc) is 2.14. The van der Waals surface area contributed by atoms with Crippen LogP contribution >= 0.6 is 0 Å². The van der Waals surface area contributed by atoms with E-state index in [2.05, 4.69) is 52.8 Å². The summed E-state index contributed by atoms with van der Waals surface area (Å²) in [6, 6.07) is 6.39. The van der Waals surface area contributed by atoms with Gasteiger partial charge in [-0.1, -0.05) is 40.7 Å². The molecule has 0 aromatic carbocycles. The van der Waals surface area contributed by atoms with E-state index in [-0.39, 0.29) is 5.41 Å². The molecular formula is C14H23N. The fourth-order valence-electron chi connectivity index (χ4n) is 1.47. The Balaban J connectivity index is 2.75. The summed E-state index contributed by atoms with van der Waals surface area (Å²) >= 11 is 0. The molecule has 0 aliphatic heterocycles. The molecule has 0 atom stereocenters. The van der Waals surface area contributed by atoms with Gasteiger partial charge in [0.05, 0.1) is 0 Å². The third-order valence-electron chi connectivity index (χ3n) is 2.55. The van der Waals surface area contributed by atoms with E-state index in [1.165, 1.54) is 17.8 Å². The summed E-state index contributed by atoms with van der Waals surface area (Å²) < 4.78 is 0. The van der Waals surface area contributed by atoms with Crippen LogP contribution in [-0.4, -0.2) is 4.98 Å². The van der Waals surface area contributed by atoms with Gasteiger partial charge in [-0.3, -0.25) is 4.98 Å². The molecule has 1 heterocycles. The third-order valence-corrected chi connectivity index (χ3v) is 2.55. The zero-order valence-corrected chi connectivity index (χ0v) is 10.7. The highest BCUT2D eigenvalue weighted by molar-refractivity contribution is 5.17. The second-order valence-electron chi connectivity index (χ2n) is 5.70. The summed E-state index contributed by atoms with van der Waals surface area (Å²) in [5.74, 6) is 0.755. The Morgan fingerprint density at radius 3 is 2.40 bits per heavy atom. The van der Waals surface area contributed by atoms with Gasteiger partial charge in [0.15, 0.2) is 0 Å². The molecule has 84 valence electrons. The Kier molecular flexibility index (Phi) is 3.90. The predicted molar refractivity (Wildman–Crippen MR) is 66.1 cm³/mol. The molecule has 1 aromatic rings. The second kappa shape index (κ2) is 4.78. The molecule has 15 heavy (non-hydrogen) atoms. The average molecular weight is 205 g/mol. The first-order chi connectivity index (χ1) is 6.89. The number of hydrogen-bond donors (Lipinski definition) is 0. The molecule has 0 fully saturated rings. The smallest absolute Gasteiger partial charge is 0.0460 e. The Hall–Kier alpha value is -0.850. The molecule has 1 heteroatoms. The van der Waals surface area contributed by atoms with Gasteiger partial charge < -0.3 is 0 Å². The number of pyridine rings is 1. The molecule has 0 aliphatic rings. The van der Waals surface area contributed by atoms with Crippen molar-refractivity contribution >= 4 is 0 Å². The highest BCUT2D eigenvalue weighted by Crippen LogP contribution is 2.20. The standard InChI is InChI=1S/C14H23N/c1-11(2)9-10-12-7-6-8-13(15-12)14(3,4)5/h6-8,11H,9-10H2,1-5H3. The van der Waals surface area contributed by atoms with Crippen LogP contribution in [0, 0.1) is 5.92 Å². The normalized spacial score (nSPS) is 12.1. The minimum absolute atomic E-state index is 0.161. The Labute approximate surface area is 93.9 Å². The van der Waals surface area contributed by atoms with E-state index in [0.717, 1.165) is 12.3 Å². The first kappa shape index (κ1) is 12.2. The molecule has 0 bridgehead atoms. The molecule has 1 rings (SSSR count). The summed E-state index contributed by atoms with van der Waals surface area (Å²) in [5.41, 5.74) is 2.59. The van der Waals surface area contributed by atoms with Crippen LogP contribution < -0.4 is 0 Å². The van der Waals surface area contributed by atoms with Crippen molar-refractivity contribution in [2.45, 2.75) is 52.9 Å². The van der Waals surface area contributed by atoms with Gasteiger partial charge in [0, 0.05) is 16.8 Å². The van der Waals surface area contributed by atoms with Crippen molar-refractivity contribution in [1.29, 1.82) is 0 Å². The van der Waals surface area contributed by atoms with Crippen molar-refractivity contribution < 1.29 is 0 Å². The molecular weight excluding hydrogens is 182 g/mol. The summed E-state index contributed by atoms with van der Waals surface area (Å²) in [6.45, 7) is 11.1. The quantitative estimate of drug-likeness (QED) is 0.727. The molecule has 0 radical (unpaired) electrons. The van der Waals surface area contributed by atoms with E-state index in [1.54, 1.807) is 0 Å². The van der Waals surface area contributed by atoms with Gasteiger partial charge in [0.25, 0.3) is 0 Å². The van der Waals surface area contributed by atoms with E-state index in [0.29, 0.717) is 0 Å². The summed E-state index contributed by atoms with van der Waals surface area (Å²) in [4.78, 5) is 4.72. The van der Waals surface area contributed by atoms with Gasteiger partial charge in [-0.2, -0.15) is 0 Å². The lowest BCUT2D eigenvalue weighted by Gasteiger charge is -2.18. The maximum atomic E-state index is 4.72. The maximum absolute atomic E-state index is 4.72. The fourth-order valence-corrected chi connectivity index (χ4v) is 1.47. The van der Waals surface area contributed by atoms with Gasteiger partial charge in [0.2, 0.25) is 0 Å². The molecule has 0 amide bonds. The number of aromatic nitrogens is 1. The largest absolute Gasteiger partial charge is 0.257 e. The van der Waals surface area contributed by atoms with E-state index < -0.39 is 0 Å². The molecule has 1 nitrogen and oxygen atoms in total. The SMILES string of the molecule is CC(C)CCc1cccc(C(C)(C)C)n1. The lowest BCUT2D eigenvalue weighted by Crippen LogP contribution is -2.14. The third kappa shape index (κ3) is 4.03. The van der Waals surface area contributed by atoms with Gasteiger partial charge in [-0.05, 0) is 30.9 Å². The molecule has 1 aromatic heterocycles. The van der Waals surface area contributed by atoms with Crippen LogP contribution in [0.15, 0.2) is 18.2 Å². The Bertz CT molecular complexity index is 307. The van der Waals surface area contributed by atoms with Crippen molar-refractivity contribution in [1.82, 2.24) is 4.98 Å². The predicted octanol–water partition coefficient (Wildman–Crippen LogP) is 3.97. The number of hydrogen-bond acceptors (Lipinski definition) is 1. The van der Waals surface area contributed by atoms with Crippen molar-refractivity contribution in [3.63, 3.8) is 0 Å². The van der Waals surface area contributed by atoms with E-state index in [1.807, 2.05) is 0 Å². The van der Waals surface area contributed by atoms with Crippen molar-refractivity contribution in [3.8, 4) is 0 Å². The highest BCUT2D eigenvalue weighted by atomic mass is 14.7. The maximum Gasteiger partial charge on any atom is 0.0460 e. The zero-order valence-electron chi connectivity index (χ0n) is 10.7. The van der Waals surface area contributed by atoms with Crippen LogP contribution in [-0.2, 0) is 11.8 Å². The van der Waals surface area contributed by atoms with Crippen molar-refractivity contribution in [2.75, 3.05) is 0 Å². The molecule has 0 saturated heterocycles. The molecule has 0 N–H and O–H groups in total. The van der Waals surface area contributed by atoms with Gasteiger partial charge >= 0.3 is 0 Å². The van der Waals surface area contributed by atoms with E-state index in [4.69, 9.17) is 4.98 Å². The van der Waals surface area contributed by atoms with Crippen LogP contribution in [0.25, 0.3) is 0 Å². The van der Waals surface area contributed by atoms with Crippen LogP contribution in [0.5, 0.6) is 0 Å². The number of rotatable bonds is 3. The Morgan fingerprint density at radius 2 is 1.87 bits per heavy atom. The highest BCUT2D eigenvalue weighted by Gasteiger charge is 2.15. The minimum Gasteiger partial charge on any atom is -0.257 e. The number of nitrogens with zero attached hydrogens (tertiary/aromatic N) is 1. The molecule has 0 unspecified atom stereocenters. The minimum atomic E-state index is 0.161. The summed E-state index contributed by atoms with van der Waals surface area (Å²) in [6.07, 6.45) is 2.32. The van der Waals surface area contributed by atoms with E-state index >= 15 is 0 Å². The second-order valence-corrected chi connectivity index (χ2v) is 5.70. The first-order valence-corrected chi connectivity index (χ1v) is 5.86. The zero-order chi connectivity index (χ0) is 11.5. The lowest BCUT2D eigenvalue weighted by molar-refractivity contribution is 0.553. The van der Waals surface area contributed by atoms with Gasteiger partial charge in [-0.15, -0.1) is 0 Å². The topological polar surface area (TPSA) is 12.9 Å². The van der Waals surface area contributed by atoms with Crippen LogP contribution in [0.4, 0.5) is 0 Å². The summed E-state index contributed by atoms with van der Waals surface area (Å²) in [7, 11) is 0. The Morgan fingerprint density at radius 1 is 1.20 bits per heavy atom. The van der Waals surface area contributed by atoms with Gasteiger partial charge in [0.1, 0.15) is 0 Å². The molecule has 0 spiro atoms. The van der Waals surface area contributed by atoms with Crippen LogP contribution in [0.1, 0.15) is 52.4 Å². The van der Waals surface area contributed by atoms with Crippen molar-refractivity contribution in [3.05, 3.63) is 29.6 Å². The molecule has 0 saturated carbocycles. The fraction of sp³-hybridized carbons (Fsp3) is 0.643. The van der Waals surface area contributed by atoms with Crippen LogP contribution in [0.2, 0.25) is 0 Å². The molecule has 0 aliphatic carbocycles. The monoisotopic (exact) mass is 205 g/mol. The summed E-state index contributed by atoms with van der Waals surface area (Å²) in [5, 5.41) is 0. The van der Waals surface area contributed by atoms with Crippen LogP contribution in [0.3, 0.4) is 0 Å².